The van der Waals surface area contributed by atoms with Gasteiger partial charge in [-0.05, 0) is 70.6 Å². The van der Waals surface area contributed by atoms with E-state index in [1.807, 2.05) is 6.08 Å². The monoisotopic (exact) mass is 1140 g/mol. The second-order valence-corrected chi connectivity index (χ2v) is 24.7. The zero-order valence-electron chi connectivity index (χ0n) is 53.3. The molecule has 0 saturated carbocycles. The van der Waals surface area contributed by atoms with Gasteiger partial charge in [0.15, 0.2) is 6.29 Å². The molecule has 1 heterocycles. The summed E-state index contributed by atoms with van der Waals surface area (Å²) in [5.41, 5.74) is 0. The lowest BCUT2D eigenvalue weighted by molar-refractivity contribution is -0.302. The molecule has 1 fully saturated rings. The van der Waals surface area contributed by atoms with Crippen molar-refractivity contribution in [3.05, 3.63) is 48.6 Å². The van der Waals surface area contributed by atoms with E-state index in [4.69, 9.17) is 9.47 Å². The molecule has 0 radical (unpaired) electrons. The molecule has 0 aromatic heterocycles. The smallest absolute Gasteiger partial charge is 0.220 e. The van der Waals surface area contributed by atoms with Gasteiger partial charge in [0.1, 0.15) is 24.4 Å². The van der Waals surface area contributed by atoms with Crippen LogP contribution in [0.4, 0.5) is 0 Å². The Morgan fingerprint density at radius 1 is 0.407 bits per heavy atom. The van der Waals surface area contributed by atoms with E-state index < -0.39 is 49.5 Å². The number of aliphatic hydroxyl groups excluding tert-OH is 5. The third-order valence-electron chi connectivity index (χ3n) is 16.9. The van der Waals surface area contributed by atoms with Gasteiger partial charge in [0.2, 0.25) is 5.91 Å². The first-order valence-corrected chi connectivity index (χ1v) is 35.4. The number of rotatable bonds is 62. The maximum absolute atomic E-state index is 13.1. The van der Waals surface area contributed by atoms with Gasteiger partial charge in [-0.1, -0.05) is 319 Å². The van der Waals surface area contributed by atoms with Crippen molar-refractivity contribution in [2.75, 3.05) is 13.2 Å². The quantitative estimate of drug-likeness (QED) is 0.0261. The summed E-state index contributed by atoms with van der Waals surface area (Å²) < 4.78 is 11.3. The minimum Gasteiger partial charge on any atom is -0.394 e. The van der Waals surface area contributed by atoms with Crippen molar-refractivity contribution >= 4 is 5.91 Å². The zero-order valence-corrected chi connectivity index (χ0v) is 53.3. The molecule has 7 unspecified atom stereocenters. The van der Waals surface area contributed by atoms with Crippen molar-refractivity contribution in [1.29, 1.82) is 0 Å². The van der Waals surface area contributed by atoms with Gasteiger partial charge in [0.25, 0.3) is 0 Å². The van der Waals surface area contributed by atoms with Crippen LogP contribution in [0.2, 0.25) is 0 Å². The van der Waals surface area contributed by atoms with Crippen molar-refractivity contribution in [1.82, 2.24) is 5.32 Å². The molecule has 9 nitrogen and oxygen atoms in total. The molecular weight excluding hydrogens is 1010 g/mol. The number of aliphatic hydroxyl groups is 5. The predicted molar refractivity (Wildman–Crippen MR) is 346 cm³/mol. The van der Waals surface area contributed by atoms with Gasteiger partial charge < -0.3 is 40.3 Å². The van der Waals surface area contributed by atoms with Crippen molar-refractivity contribution in [2.45, 2.75) is 391 Å². The van der Waals surface area contributed by atoms with Gasteiger partial charge in [-0.25, -0.2) is 0 Å². The topological polar surface area (TPSA) is 149 Å². The lowest BCUT2D eigenvalue weighted by Crippen LogP contribution is -2.60. The second-order valence-electron chi connectivity index (χ2n) is 24.7. The van der Waals surface area contributed by atoms with Crippen LogP contribution in [0, 0.1) is 0 Å². The molecular formula is C72H135NO8. The second kappa shape index (κ2) is 61.2. The third-order valence-corrected chi connectivity index (χ3v) is 16.9. The Balaban J connectivity index is 2.12. The Labute approximate surface area is 501 Å². The molecule has 6 N–H and O–H groups in total. The SMILES string of the molecule is CCCCCCCCCC/C=C\CCCCCCCCCCCCCCCCCCCCCCCCCC(=O)NC(COC1OC(CO)C(O)C(O)C1O)C(O)/C=C/CC/C=C/CC/C=C/CCCCCCCCCCCCCCC. The maximum Gasteiger partial charge on any atom is 0.220 e. The number of ether oxygens (including phenoxy) is 2. The van der Waals surface area contributed by atoms with Crippen LogP contribution >= 0.6 is 0 Å². The number of carbonyl (C=O) groups excluding carboxylic acids is 1. The average molecular weight is 1140 g/mol. The van der Waals surface area contributed by atoms with Gasteiger partial charge in [-0.3, -0.25) is 4.79 Å². The van der Waals surface area contributed by atoms with Gasteiger partial charge in [-0.2, -0.15) is 0 Å². The summed E-state index contributed by atoms with van der Waals surface area (Å²) in [5, 5.41) is 54.7. The van der Waals surface area contributed by atoms with E-state index in [9.17, 15) is 30.3 Å². The van der Waals surface area contributed by atoms with E-state index in [0.29, 0.717) is 6.42 Å². The predicted octanol–water partition coefficient (Wildman–Crippen LogP) is 19.2. The first kappa shape index (κ1) is 77.2. The normalized spacial score (nSPS) is 18.6. The largest absolute Gasteiger partial charge is 0.394 e. The molecule has 9 heteroatoms. The number of nitrogens with one attached hydrogen (secondary N) is 1. The van der Waals surface area contributed by atoms with Crippen molar-refractivity contribution in [3.8, 4) is 0 Å². The summed E-state index contributed by atoms with van der Waals surface area (Å²) in [6.45, 7) is 3.80. The highest BCUT2D eigenvalue weighted by atomic mass is 16.7. The average Bonchev–Trinajstić information content (AvgIpc) is 3.48. The number of hydrogen-bond acceptors (Lipinski definition) is 8. The molecule has 1 rings (SSSR count). The maximum atomic E-state index is 13.1. The summed E-state index contributed by atoms with van der Waals surface area (Å²) in [4.78, 5) is 13.1. The Kier molecular flexibility index (Phi) is 58.3. The summed E-state index contributed by atoms with van der Waals surface area (Å²) in [7, 11) is 0. The van der Waals surface area contributed by atoms with Crippen LogP contribution in [0.1, 0.15) is 348 Å². The molecule has 1 saturated heterocycles. The van der Waals surface area contributed by atoms with Crippen LogP contribution in [0.5, 0.6) is 0 Å². The fourth-order valence-electron chi connectivity index (χ4n) is 11.3. The molecule has 476 valence electrons. The van der Waals surface area contributed by atoms with Gasteiger partial charge in [0.05, 0.1) is 25.4 Å². The molecule has 1 amide bonds. The summed E-state index contributed by atoms with van der Waals surface area (Å²) >= 11 is 0. The number of unbranched alkanes of at least 4 members (excludes halogenated alkanes) is 46. The van der Waals surface area contributed by atoms with Crippen molar-refractivity contribution < 1.29 is 39.8 Å². The van der Waals surface area contributed by atoms with Gasteiger partial charge >= 0.3 is 0 Å². The van der Waals surface area contributed by atoms with Crippen LogP contribution in [0.3, 0.4) is 0 Å². The Morgan fingerprint density at radius 3 is 1.04 bits per heavy atom. The summed E-state index contributed by atoms with van der Waals surface area (Å²) in [5.74, 6) is -0.184. The lowest BCUT2D eigenvalue weighted by atomic mass is 9.99. The number of amides is 1. The van der Waals surface area contributed by atoms with Crippen molar-refractivity contribution in [2.24, 2.45) is 0 Å². The van der Waals surface area contributed by atoms with Crippen LogP contribution in [-0.2, 0) is 14.3 Å². The van der Waals surface area contributed by atoms with E-state index in [2.05, 4.69) is 55.6 Å². The summed E-state index contributed by atoms with van der Waals surface area (Å²) in [6, 6.07) is -0.829. The van der Waals surface area contributed by atoms with Gasteiger partial charge in [0, 0.05) is 6.42 Å². The molecule has 0 bridgehead atoms. The van der Waals surface area contributed by atoms with Gasteiger partial charge in [-0.15, -0.1) is 0 Å². The Morgan fingerprint density at radius 2 is 0.704 bits per heavy atom. The third kappa shape index (κ3) is 50.1. The van der Waals surface area contributed by atoms with Crippen LogP contribution in [-0.4, -0.2) is 87.5 Å². The van der Waals surface area contributed by atoms with Crippen LogP contribution in [0.15, 0.2) is 48.6 Å². The van der Waals surface area contributed by atoms with E-state index in [0.717, 1.165) is 44.9 Å². The number of allylic oxidation sites excluding steroid dienone is 7. The highest BCUT2D eigenvalue weighted by Gasteiger charge is 2.44. The number of hydrogen-bond donors (Lipinski definition) is 6. The fraction of sp³-hybridized carbons (Fsp3) is 0.875. The molecule has 0 aromatic rings. The Hall–Kier alpha value is -1.85. The first-order valence-electron chi connectivity index (χ1n) is 35.4. The van der Waals surface area contributed by atoms with E-state index in [1.165, 1.54) is 283 Å². The molecule has 81 heavy (non-hydrogen) atoms. The molecule has 0 aliphatic carbocycles. The lowest BCUT2D eigenvalue weighted by Gasteiger charge is -2.40. The van der Waals surface area contributed by atoms with Crippen molar-refractivity contribution in [3.63, 3.8) is 0 Å². The highest BCUT2D eigenvalue weighted by molar-refractivity contribution is 5.76. The minimum absolute atomic E-state index is 0.184. The van der Waals surface area contributed by atoms with E-state index >= 15 is 0 Å². The molecule has 7 atom stereocenters. The Bertz CT molecular complexity index is 1420. The van der Waals surface area contributed by atoms with Crippen LogP contribution < -0.4 is 5.32 Å². The zero-order chi connectivity index (χ0) is 58.6. The van der Waals surface area contributed by atoms with Crippen LogP contribution in [0.25, 0.3) is 0 Å². The summed E-state index contributed by atoms with van der Waals surface area (Å²) in [6.07, 6.45) is 76.6. The molecule has 1 aliphatic rings. The highest BCUT2D eigenvalue weighted by Crippen LogP contribution is 2.23. The number of carbonyl (C=O) groups is 1. The fourth-order valence-corrected chi connectivity index (χ4v) is 11.3. The molecule has 1 aliphatic heterocycles. The molecule has 0 spiro atoms. The first-order chi connectivity index (χ1) is 39.8. The molecule has 0 aromatic carbocycles. The minimum atomic E-state index is -1.58. The van der Waals surface area contributed by atoms with E-state index in [1.54, 1.807) is 6.08 Å². The standard InChI is InChI=1S/C72H135NO8/c1-3-5-7-9-11-13-15-17-19-21-23-25-27-28-29-30-31-32-33-34-35-36-37-38-40-42-44-46-48-50-52-54-56-58-60-62-68(76)73-65(64-80-72-71(79)70(78)69(77)67(63-74)81-72)66(75)61-59-57-55-53-51-49-47-45-43-41-39-26-24-22-20-18-16-14-12-10-8-6-4-2/h21,23,43,45,51,53,59,61,65-67,69-72,74-75,77-79H,3-20,22,24-42,44,46-50,52,54-58,60,62-64H2,1-2H3,(H,73,76)/b23-21-,45-43+,53-51+,61-59+. The van der Waals surface area contributed by atoms with E-state index in [-0.39, 0.29) is 12.5 Å².